The van der Waals surface area contributed by atoms with Crippen LogP contribution in [0.15, 0.2) is 78.5 Å². The standard InChI is InChI=1S/C29H27N3O5/c1-31(2)18-10-12-19(13-11-18)32-26(21-16-30-22-8-6-5-7-20(21)22)25(28(34)29(32)35)27(33)17-9-14-23(36-3)24(15-17)37-4/h5-16,26,30,33H,1-4H3/b27-25+. The van der Waals surface area contributed by atoms with Gasteiger partial charge in [-0.2, -0.15) is 0 Å². The molecule has 188 valence electrons. The van der Waals surface area contributed by atoms with Gasteiger partial charge in [-0.1, -0.05) is 18.2 Å². The van der Waals surface area contributed by atoms with Gasteiger partial charge in [0, 0.05) is 53.7 Å². The highest BCUT2D eigenvalue weighted by Crippen LogP contribution is 2.45. The van der Waals surface area contributed by atoms with E-state index >= 15 is 0 Å². The van der Waals surface area contributed by atoms with Crippen LogP contribution in [0, 0.1) is 0 Å². The van der Waals surface area contributed by atoms with Gasteiger partial charge in [-0.05, 0) is 48.5 Å². The number of aliphatic hydroxyl groups excluding tert-OH is 1. The largest absolute Gasteiger partial charge is 0.507 e. The molecule has 0 radical (unpaired) electrons. The second-order valence-electron chi connectivity index (χ2n) is 8.94. The molecule has 8 heteroatoms. The van der Waals surface area contributed by atoms with Crippen LogP contribution in [0.1, 0.15) is 17.2 Å². The third-order valence-electron chi connectivity index (χ3n) is 6.66. The fourth-order valence-electron chi connectivity index (χ4n) is 4.76. The summed E-state index contributed by atoms with van der Waals surface area (Å²) >= 11 is 0. The van der Waals surface area contributed by atoms with Crippen molar-refractivity contribution in [1.82, 2.24) is 4.98 Å². The second-order valence-corrected chi connectivity index (χ2v) is 8.94. The van der Waals surface area contributed by atoms with E-state index in [9.17, 15) is 14.7 Å². The summed E-state index contributed by atoms with van der Waals surface area (Å²) in [5.41, 5.74) is 3.40. The van der Waals surface area contributed by atoms with E-state index in [0.29, 0.717) is 28.3 Å². The molecule has 1 fully saturated rings. The minimum absolute atomic E-state index is 0.00124. The molecule has 1 atom stereocenters. The number of aliphatic hydroxyl groups is 1. The summed E-state index contributed by atoms with van der Waals surface area (Å²) in [4.78, 5) is 33.6. The number of ketones is 1. The summed E-state index contributed by atoms with van der Waals surface area (Å²) in [6, 6.07) is 19.0. The maximum atomic E-state index is 13.5. The Morgan fingerprint density at radius 1 is 0.946 bits per heavy atom. The van der Waals surface area contributed by atoms with Gasteiger partial charge in [-0.15, -0.1) is 0 Å². The van der Waals surface area contributed by atoms with E-state index in [1.807, 2.05) is 55.4 Å². The third-order valence-corrected chi connectivity index (χ3v) is 6.66. The number of ether oxygens (including phenoxy) is 2. The van der Waals surface area contributed by atoms with E-state index in [0.717, 1.165) is 16.6 Å². The first-order valence-electron chi connectivity index (χ1n) is 11.7. The quantitative estimate of drug-likeness (QED) is 0.224. The maximum Gasteiger partial charge on any atom is 0.300 e. The summed E-state index contributed by atoms with van der Waals surface area (Å²) in [5.74, 6) is -0.895. The van der Waals surface area contributed by atoms with Crippen LogP contribution in [0.25, 0.3) is 16.7 Å². The van der Waals surface area contributed by atoms with Crippen LogP contribution in [0.4, 0.5) is 11.4 Å². The zero-order chi connectivity index (χ0) is 26.3. The summed E-state index contributed by atoms with van der Waals surface area (Å²) in [6.07, 6.45) is 1.78. The van der Waals surface area contributed by atoms with Crippen molar-refractivity contribution >= 4 is 39.7 Å². The first-order valence-corrected chi connectivity index (χ1v) is 11.7. The summed E-state index contributed by atoms with van der Waals surface area (Å²) < 4.78 is 10.7. The highest BCUT2D eigenvalue weighted by molar-refractivity contribution is 6.51. The van der Waals surface area contributed by atoms with Crippen molar-refractivity contribution in [2.75, 3.05) is 38.1 Å². The normalized spacial score (nSPS) is 16.9. The Kier molecular flexibility index (Phi) is 6.09. The van der Waals surface area contributed by atoms with E-state index < -0.39 is 17.7 Å². The average molecular weight is 498 g/mol. The number of para-hydroxylation sites is 1. The maximum absolute atomic E-state index is 13.5. The number of Topliss-reactive ketones (excluding diaryl/α,β-unsaturated/α-hetero) is 1. The first-order chi connectivity index (χ1) is 17.8. The van der Waals surface area contributed by atoms with E-state index in [1.165, 1.54) is 19.1 Å². The number of nitrogens with one attached hydrogen (secondary N) is 1. The molecule has 1 aliphatic heterocycles. The number of H-pyrrole nitrogens is 1. The predicted molar refractivity (Wildman–Crippen MR) is 143 cm³/mol. The highest BCUT2D eigenvalue weighted by Gasteiger charge is 2.47. The van der Waals surface area contributed by atoms with Gasteiger partial charge >= 0.3 is 0 Å². The van der Waals surface area contributed by atoms with Gasteiger partial charge in [0.05, 0.1) is 25.8 Å². The first kappa shape index (κ1) is 24.0. The lowest BCUT2D eigenvalue weighted by atomic mass is 9.94. The van der Waals surface area contributed by atoms with Crippen molar-refractivity contribution in [2.24, 2.45) is 0 Å². The zero-order valence-corrected chi connectivity index (χ0v) is 21.0. The van der Waals surface area contributed by atoms with Crippen LogP contribution < -0.4 is 19.3 Å². The number of aromatic amines is 1. The highest BCUT2D eigenvalue weighted by atomic mass is 16.5. The number of hydrogen-bond donors (Lipinski definition) is 2. The van der Waals surface area contributed by atoms with Crippen molar-refractivity contribution in [1.29, 1.82) is 0 Å². The number of nitrogens with zero attached hydrogens (tertiary/aromatic N) is 2. The molecular formula is C29H27N3O5. The molecule has 1 aliphatic rings. The number of carbonyl (C=O) groups is 2. The fourth-order valence-corrected chi connectivity index (χ4v) is 4.76. The zero-order valence-electron chi connectivity index (χ0n) is 21.0. The lowest BCUT2D eigenvalue weighted by molar-refractivity contribution is -0.132. The minimum Gasteiger partial charge on any atom is -0.507 e. The molecule has 8 nitrogen and oxygen atoms in total. The number of anilines is 2. The number of fused-ring (bicyclic) bond motifs is 1. The van der Waals surface area contributed by atoms with Crippen LogP contribution in [-0.4, -0.2) is 50.1 Å². The average Bonchev–Trinajstić information content (AvgIpc) is 3.46. The van der Waals surface area contributed by atoms with E-state index in [2.05, 4.69) is 4.98 Å². The molecule has 0 saturated carbocycles. The molecule has 3 aromatic carbocycles. The Balaban J connectivity index is 1.74. The summed E-state index contributed by atoms with van der Waals surface area (Å²) in [7, 11) is 6.86. The number of benzene rings is 3. The van der Waals surface area contributed by atoms with Crippen molar-refractivity contribution < 1.29 is 24.2 Å². The molecule has 0 spiro atoms. The van der Waals surface area contributed by atoms with Crippen LogP contribution in [-0.2, 0) is 9.59 Å². The van der Waals surface area contributed by atoms with Crippen LogP contribution >= 0.6 is 0 Å². The number of amides is 1. The fraction of sp³-hybridized carbons (Fsp3) is 0.172. The molecule has 5 rings (SSSR count). The molecule has 1 unspecified atom stereocenters. The summed E-state index contributed by atoms with van der Waals surface area (Å²) in [5, 5.41) is 12.3. The van der Waals surface area contributed by atoms with E-state index in [1.54, 1.807) is 36.5 Å². The Morgan fingerprint density at radius 3 is 2.32 bits per heavy atom. The number of aromatic nitrogens is 1. The molecule has 37 heavy (non-hydrogen) atoms. The number of methoxy groups -OCH3 is 2. The van der Waals surface area contributed by atoms with Gasteiger partial charge < -0.3 is 24.5 Å². The Labute approximate surface area is 214 Å². The summed E-state index contributed by atoms with van der Waals surface area (Å²) in [6.45, 7) is 0. The van der Waals surface area contributed by atoms with Gasteiger partial charge in [-0.3, -0.25) is 14.5 Å². The molecule has 2 heterocycles. The van der Waals surface area contributed by atoms with Crippen molar-refractivity contribution in [3.8, 4) is 11.5 Å². The minimum atomic E-state index is -0.852. The predicted octanol–water partition coefficient (Wildman–Crippen LogP) is 4.88. The third kappa shape index (κ3) is 3.96. The number of rotatable bonds is 6. The number of hydrogen-bond acceptors (Lipinski definition) is 6. The molecule has 2 N–H and O–H groups in total. The Morgan fingerprint density at radius 2 is 1.65 bits per heavy atom. The van der Waals surface area contributed by atoms with Crippen LogP contribution in [0.3, 0.4) is 0 Å². The monoisotopic (exact) mass is 497 g/mol. The van der Waals surface area contributed by atoms with Gasteiger partial charge in [0.2, 0.25) is 0 Å². The lowest BCUT2D eigenvalue weighted by Gasteiger charge is -2.25. The lowest BCUT2D eigenvalue weighted by Crippen LogP contribution is -2.29. The van der Waals surface area contributed by atoms with Gasteiger partial charge in [-0.25, -0.2) is 0 Å². The molecule has 0 aliphatic carbocycles. The Bertz CT molecular complexity index is 1530. The van der Waals surface area contributed by atoms with Crippen molar-refractivity contribution in [3.05, 3.63) is 89.6 Å². The Hall–Kier alpha value is -4.72. The molecule has 4 aromatic rings. The van der Waals surface area contributed by atoms with Gasteiger partial charge in [0.25, 0.3) is 11.7 Å². The molecule has 0 bridgehead atoms. The van der Waals surface area contributed by atoms with E-state index in [4.69, 9.17) is 9.47 Å². The molecule has 1 aromatic heterocycles. The van der Waals surface area contributed by atoms with Crippen LogP contribution in [0.2, 0.25) is 0 Å². The van der Waals surface area contributed by atoms with E-state index in [-0.39, 0.29) is 11.3 Å². The van der Waals surface area contributed by atoms with Gasteiger partial charge in [0.15, 0.2) is 11.5 Å². The topological polar surface area (TPSA) is 95.1 Å². The smallest absolute Gasteiger partial charge is 0.300 e. The van der Waals surface area contributed by atoms with Crippen LogP contribution in [0.5, 0.6) is 11.5 Å². The van der Waals surface area contributed by atoms with Crippen molar-refractivity contribution in [2.45, 2.75) is 6.04 Å². The second kappa shape index (κ2) is 9.39. The molecular weight excluding hydrogens is 470 g/mol. The molecule has 1 amide bonds. The SMILES string of the molecule is COc1ccc(/C(O)=C2\C(=O)C(=O)N(c3ccc(N(C)C)cc3)C2c2c[nH]c3ccccc23)cc1OC. The van der Waals surface area contributed by atoms with Gasteiger partial charge in [0.1, 0.15) is 5.76 Å². The molecule has 1 saturated heterocycles. The van der Waals surface area contributed by atoms with Crippen molar-refractivity contribution in [3.63, 3.8) is 0 Å². The number of carbonyl (C=O) groups excluding carboxylic acids is 2.